The summed E-state index contributed by atoms with van der Waals surface area (Å²) < 4.78 is 10.2. The van der Waals surface area contributed by atoms with Gasteiger partial charge in [-0.1, -0.05) is 29.8 Å². The summed E-state index contributed by atoms with van der Waals surface area (Å²) >= 11 is 6.00. The van der Waals surface area contributed by atoms with E-state index in [4.69, 9.17) is 26.5 Å². The molecule has 3 aromatic rings. The van der Waals surface area contributed by atoms with Gasteiger partial charge >= 0.3 is 11.6 Å². The fourth-order valence-corrected chi connectivity index (χ4v) is 2.44. The van der Waals surface area contributed by atoms with Crippen LogP contribution in [0.3, 0.4) is 0 Å². The molecule has 0 aliphatic carbocycles. The van der Waals surface area contributed by atoms with Crippen LogP contribution in [0, 0.1) is 0 Å². The van der Waals surface area contributed by atoms with Gasteiger partial charge in [-0.2, -0.15) is 0 Å². The maximum Gasteiger partial charge on any atom is 0.349 e. The third-order valence-electron chi connectivity index (χ3n) is 3.50. The highest BCUT2D eigenvalue weighted by molar-refractivity contribution is 6.32. The maximum atomic E-state index is 11.9. The third kappa shape index (κ3) is 3.81. The molecule has 130 valence electrons. The molecule has 3 rings (SSSR count). The minimum absolute atomic E-state index is 0.167. The van der Waals surface area contributed by atoms with Gasteiger partial charge in [0.15, 0.2) is 0 Å². The number of benzene rings is 2. The SMILES string of the molecule is NC(=O)c1cc2ccc(OC(=O)/C=C/c3ccccc3Cl)cc2oc1=O. The van der Waals surface area contributed by atoms with Gasteiger partial charge in [-0.3, -0.25) is 4.79 Å². The second kappa shape index (κ2) is 7.25. The third-order valence-corrected chi connectivity index (χ3v) is 3.84. The highest BCUT2D eigenvalue weighted by Gasteiger charge is 2.11. The molecule has 1 amide bonds. The zero-order valence-electron chi connectivity index (χ0n) is 13.3. The second-order valence-corrected chi connectivity index (χ2v) is 5.69. The molecule has 0 unspecified atom stereocenters. The molecule has 0 radical (unpaired) electrons. The molecule has 6 nitrogen and oxygen atoms in total. The summed E-state index contributed by atoms with van der Waals surface area (Å²) in [5, 5.41) is 0.985. The number of rotatable bonds is 4. The van der Waals surface area contributed by atoms with Gasteiger partial charge in [0.25, 0.3) is 5.91 Å². The molecule has 0 fully saturated rings. The van der Waals surface area contributed by atoms with E-state index in [9.17, 15) is 14.4 Å². The lowest BCUT2D eigenvalue weighted by Crippen LogP contribution is -2.20. The highest BCUT2D eigenvalue weighted by atomic mass is 35.5. The monoisotopic (exact) mass is 369 g/mol. The Bertz CT molecular complexity index is 1100. The van der Waals surface area contributed by atoms with Gasteiger partial charge in [0, 0.05) is 22.6 Å². The predicted octanol–water partition coefficient (Wildman–Crippen LogP) is 3.16. The first kappa shape index (κ1) is 17.4. The molecule has 7 heteroatoms. The number of carbonyl (C=O) groups excluding carboxylic acids is 2. The van der Waals surface area contributed by atoms with Crippen molar-refractivity contribution < 1.29 is 18.7 Å². The normalized spacial score (nSPS) is 11.0. The molecule has 26 heavy (non-hydrogen) atoms. The number of halogens is 1. The maximum absolute atomic E-state index is 11.9. The number of nitrogens with two attached hydrogens (primary N) is 1. The summed E-state index contributed by atoms with van der Waals surface area (Å²) in [6.07, 6.45) is 2.77. The van der Waals surface area contributed by atoms with Crippen LogP contribution in [0.1, 0.15) is 15.9 Å². The van der Waals surface area contributed by atoms with Crippen LogP contribution in [-0.4, -0.2) is 11.9 Å². The van der Waals surface area contributed by atoms with Crippen molar-refractivity contribution in [1.29, 1.82) is 0 Å². The number of ether oxygens (including phenoxy) is 1. The molecule has 0 atom stereocenters. The van der Waals surface area contributed by atoms with Crippen LogP contribution in [0.4, 0.5) is 0 Å². The van der Waals surface area contributed by atoms with Crippen molar-refractivity contribution in [3.63, 3.8) is 0 Å². The van der Waals surface area contributed by atoms with Gasteiger partial charge < -0.3 is 14.9 Å². The zero-order chi connectivity index (χ0) is 18.7. The van der Waals surface area contributed by atoms with Crippen LogP contribution in [0.25, 0.3) is 17.0 Å². The van der Waals surface area contributed by atoms with E-state index in [-0.39, 0.29) is 16.9 Å². The molecular weight excluding hydrogens is 358 g/mol. The smallest absolute Gasteiger partial charge is 0.349 e. The van der Waals surface area contributed by atoms with Gasteiger partial charge in [-0.15, -0.1) is 0 Å². The Kier molecular flexibility index (Phi) is 4.86. The molecule has 2 aromatic carbocycles. The summed E-state index contributed by atoms with van der Waals surface area (Å²) in [5.74, 6) is -1.32. The summed E-state index contributed by atoms with van der Waals surface area (Å²) in [7, 11) is 0. The molecule has 0 aliphatic rings. The quantitative estimate of drug-likeness (QED) is 0.329. The van der Waals surface area contributed by atoms with Crippen molar-refractivity contribution in [3.8, 4) is 5.75 Å². The number of amides is 1. The average molecular weight is 370 g/mol. The van der Waals surface area contributed by atoms with Gasteiger partial charge in [0.1, 0.15) is 16.9 Å². The number of primary amides is 1. The van der Waals surface area contributed by atoms with Gasteiger partial charge in [0.2, 0.25) is 0 Å². The molecule has 0 saturated heterocycles. The highest BCUT2D eigenvalue weighted by Crippen LogP contribution is 2.21. The Morgan fingerprint density at radius 1 is 1.12 bits per heavy atom. The lowest BCUT2D eigenvalue weighted by Gasteiger charge is -2.04. The minimum Gasteiger partial charge on any atom is -0.423 e. The summed E-state index contributed by atoms with van der Waals surface area (Å²) in [6.45, 7) is 0. The molecular formula is C19H12ClNO5. The summed E-state index contributed by atoms with van der Waals surface area (Å²) in [4.78, 5) is 34.8. The Labute approximate surface area is 152 Å². The van der Waals surface area contributed by atoms with Crippen molar-refractivity contribution in [2.75, 3.05) is 0 Å². The first-order valence-corrected chi connectivity index (χ1v) is 7.84. The number of hydrogen-bond acceptors (Lipinski definition) is 5. The molecule has 0 aliphatic heterocycles. The summed E-state index contributed by atoms with van der Waals surface area (Å²) in [5.41, 5.74) is 4.85. The molecule has 1 heterocycles. The predicted molar refractivity (Wildman–Crippen MR) is 97.1 cm³/mol. The van der Waals surface area contributed by atoms with Crippen molar-refractivity contribution in [2.45, 2.75) is 0 Å². The first-order chi connectivity index (χ1) is 12.4. The molecule has 1 aromatic heterocycles. The number of esters is 1. The van der Waals surface area contributed by atoms with E-state index in [1.54, 1.807) is 30.3 Å². The second-order valence-electron chi connectivity index (χ2n) is 5.29. The van der Waals surface area contributed by atoms with Crippen LogP contribution in [0.15, 0.2) is 63.8 Å². The number of carbonyl (C=O) groups is 2. The van der Waals surface area contributed by atoms with Crippen molar-refractivity contribution in [2.24, 2.45) is 5.73 Å². The van der Waals surface area contributed by atoms with E-state index in [1.807, 2.05) is 0 Å². The lowest BCUT2D eigenvalue weighted by molar-refractivity contribution is -0.128. The minimum atomic E-state index is -0.874. The first-order valence-electron chi connectivity index (χ1n) is 7.46. The van der Waals surface area contributed by atoms with E-state index in [1.165, 1.54) is 30.4 Å². The lowest BCUT2D eigenvalue weighted by atomic mass is 10.2. The summed E-state index contributed by atoms with van der Waals surface area (Å²) in [6, 6.07) is 12.8. The van der Waals surface area contributed by atoms with Crippen molar-refractivity contribution >= 4 is 40.5 Å². The van der Waals surface area contributed by atoms with Crippen LogP contribution in [-0.2, 0) is 4.79 Å². The van der Waals surface area contributed by atoms with Crippen molar-refractivity contribution in [1.82, 2.24) is 0 Å². The van der Waals surface area contributed by atoms with E-state index < -0.39 is 17.5 Å². The van der Waals surface area contributed by atoms with Crippen LogP contribution >= 0.6 is 11.6 Å². The average Bonchev–Trinajstić information content (AvgIpc) is 2.60. The van der Waals surface area contributed by atoms with E-state index in [2.05, 4.69) is 0 Å². The van der Waals surface area contributed by atoms with Gasteiger partial charge in [-0.25, -0.2) is 9.59 Å². The Hall–Kier alpha value is -3.38. The van der Waals surface area contributed by atoms with E-state index >= 15 is 0 Å². The van der Waals surface area contributed by atoms with Gasteiger partial charge in [0.05, 0.1) is 0 Å². The largest absolute Gasteiger partial charge is 0.423 e. The van der Waals surface area contributed by atoms with Crippen LogP contribution < -0.4 is 16.1 Å². The van der Waals surface area contributed by atoms with E-state index in [0.717, 1.165) is 0 Å². The molecule has 2 N–H and O–H groups in total. The fraction of sp³-hybridized carbons (Fsp3) is 0. The molecule has 0 spiro atoms. The Morgan fingerprint density at radius 2 is 1.88 bits per heavy atom. The number of hydrogen-bond donors (Lipinski definition) is 1. The number of fused-ring (bicyclic) bond motifs is 1. The Morgan fingerprint density at radius 3 is 2.62 bits per heavy atom. The molecule has 0 bridgehead atoms. The fourth-order valence-electron chi connectivity index (χ4n) is 2.25. The Balaban J connectivity index is 1.81. The zero-order valence-corrected chi connectivity index (χ0v) is 14.0. The van der Waals surface area contributed by atoms with Crippen LogP contribution in [0.5, 0.6) is 5.75 Å². The standard InChI is InChI=1S/C19H12ClNO5/c20-15-4-2-1-3-11(15)6-8-17(22)25-13-7-5-12-9-14(18(21)23)19(24)26-16(12)10-13/h1-10H,(H2,21,23)/b8-6+. The van der Waals surface area contributed by atoms with Crippen molar-refractivity contribution in [3.05, 3.63) is 81.2 Å². The van der Waals surface area contributed by atoms with Gasteiger partial charge in [-0.05, 0) is 35.9 Å². The topological polar surface area (TPSA) is 99.6 Å². The van der Waals surface area contributed by atoms with Crippen LogP contribution in [0.2, 0.25) is 5.02 Å². The molecule has 0 saturated carbocycles. The van der Waals surface area contributed by atoms with E-state index in [0.29, 0.717) is 16.0 Å².